The minimum atomic E-state index is -0.434. The zero-order valence-electron chi connectivity index (χ0n) is 11.4. The molecule has 0 saturated heterocycles. The van der Waals surface area contributed by atoms with Gasteiger partial charge in [0.1, 0.15) is 11.3 Å². The third kappa shape index (κ3) is 3.34. The topological polar surface area (TPSA) is 48.4 Å². The fourth-order valence-corrected chi connectivity index (χ4v) is 1.92. The smallest absolute Gasteiger partial charge is 0.343 e. The van der Waals surface area contributed by atoms with Gasteiger partial charge in [0.25, 0.3) is 0 Å². The number of para-hydroxylation sites is 1. The van der Waals surface area contributed by atoms with Crippen molar-refractivity contribution >= 4 is 20.5 Å². The van der Waals surface area contributed by atoms with Crippen molar-refractivity contribution in [2.24, 2.45) is 0 Å². The Morgan fingerprint density at radius 3 is 2.70 bits per heavy atom. The number of ether oxygens (including phenoxy) is 2. The summed E-state index contributed by atoms with van der Waals surface area (Å²) in [5.41, 5.74) is 1.10. The SMILES string of the molecule is CCOC(=O)c1ccc(C)nc1Oc1ccccc1P. The third-order valence-corrected chi connectivity index (χ3v) is 3.10. The highest BCUT2D eigenvalue weighted by molar-refractivity contribution is 7.27. The Balaban J connectivity index is 2.37. The number of rotatable bonds is 4. The second-order valence-corrected chi connectivity index (χ2v) is 4.79. The summed E-state index contributed by atoms with van der Waals surface area (Å²) in [6.45, 7) is 3.92. The molecule has 4 nitrogen and oxygen atoms in total. The van der Waals surface area contributed by atoms with Crippen LogP contribution >= 0.6 is 9.24 Å². The first-order valence-corrected chi connectivity index (χ1v) is 6.86. The number of aryl methyl sites for hydroxylation is 1. The molecule has 2 rings (SSSR count). The van der Waals surface area contributed by atoms with Gasteiger partial charge >= 0.3 is 5.97 Å². The first-order valence-electron chi connectivity index (χ1n) is 6.29. The molecule has 2 aromatic rings. The van der Waals surface area contributed by atoms with Crippen LogP contribution in [-0.4, -0.2) is 17.6 Å². The van der Waals surface area contributed by atoms with Crippen molar-refractivity contribution in [1.82, 2.24) is 4.98 Å². The Hall–Kier alpha value is -1.93. The molecule has 1 heterocycles. The van der Waals surface area contributed by atoms with Crippen molar-refractivity contribution < 1.29 is 14.3 Å². The Kier molecular flexibility index (Phi) is 4.70. The lowest BCUT2D eigenvalue weighted by atomic mass is 10.2. The highest BCUT2D eigenvalue weighted by Crippen LogP contribution is 2.24. The van der Waals surface area contributed by atoms with Crippen molar-refractivity contribution in [2.45, 2.75) is 13.8 Å². The predicted molar refractivity (Wildman–Crippen MR) is 80.8 cm³/mol. The van der Waals surface area contributed by atoms with Crippen LogP contribution < -0.4 is 10.0 Å². The van der Waals surface area contributed by atoms with Gasteiger partial charge in [0.05, 0.1) is 6.61 Å². The molecule has 0 saturated carbocycles. The van der Waals surface area contributed by atoms with E-state index < -0.39 is 5.97 Å². The number of carbonyl (C=O) groups excluding carboxylic acids is 1. The highest BCUT2D eigenvalue weighted by atomic mass is 31.0. The fraction of sp³-hybridized carbons (Fsp3) is 0.200. The van der Waals surface area contributed by atoms with E-state index in [0.29, 0.717) is 17.9 Å². The van der Waals surface area contributed by atoms with E-state index >= 15 is 0 Å². The number of aromatic nitrogens is 1. The lowest BCUT2D eigenvalue weighted by molar-refractivity contribution is 0.0522. The van der Waals surface area contributed by atoms with Crippen molar-refractivity contribution in [3.05, 3.63) is 47.7 Å². The largest absolute Gasteiger partial charge is 0.462 e. The lowest BCUT2D eigenvalue weighted by Gasteiger charge is -2.11. The van der Waals surface area contributed by atoms with Crippen LogP contribution in [0.3, 0.4) is 0 Å². The molecule has 20 heavy (non-hydrogen) atoms. The van der Waals surface area contributed by atoms with Crippen LogP contribution in [0.4, 0.5) is 0 Å². The Bertz CT molecular complexity index is 628. The summed E-state index contributed by atoms with van der Waals surface area (Å²) in [7, 11) is 2.59. The van der Waals surface area contributed by atoms with Crippen LogP contribution in [0, 0.1) is 6.92 Å². The first-order chi connectivity index (χ1) is 9.61. The van der Waals surface area contributed by atoms with E-state index in [1.807, 2.05) is 31.2 Å². The maximum absolute atomic E-state index is 11.9. The number of carbonyl (C=O) groups is 1. The molecule has 1 unspecified atom stereocenters. The van der Waals surface area contributed by atoms with E-state index in [4.69, 9.17) is 9.47 Å². The fourth-order valence-electron chi connectivity index (χ4n) is 1.65. The first kappa shape index (κ1) is 14.5. The third-order valence-electron chi connectivity index (χ3n) is 2.62. The average molecular weight is 289 g/mol. The van der Waals surface area contributed by atoms with Crippen LogP contribution in [0.1, 0.15) is 23.0 Å². The zero-order chi connectivity index (χ0) is 14.5. The molecule has 0 fully saturated rings. The van der Waals surface area contributed by atoms with Gasteiger partial charge < -0.3 is 9.47 Å². The van der Waals surface area contributed by atoms with Crippen molar-refractivity contribution in [1.29, 1.82) is 0 Å². The number of nitrogens with zero attached hydrogens (tertiary/aromatic N) is 1. The number of hydrogen-bond acceptors (Lipinski definition) is 4. The van der Waals surface area contributed by atoms with Gasteiger partial charge in [0.2, 0.25) is 5.88 Å². The zero-order valence-corrected chi connectivity index (χ0v) is 12.6. The predicted octanol–water partition coefficient (Wildman–Crippen LogP) is 2.86. The standard InChI is InChI=1S/C15H16NO3P/c1-3-18-15(17)11-9-8-10(2)16-14(11)19-12-6-4-5-7-13(12)20/h4-9H,3,20H2,1-2H3. The Morgan fingerprint density at radius 1 is 1.25 bits per heavy atom. The summed E-state index contributed by atoms with van der Waals surface area (Å²) in [5, 5.41) is 0.894. The van der Waals surface area contributed by atoms with E-state index in [1.165, 1.54) is 0 Å². The average Bonchev–Trinajstić information content (AvgIpc) is 2.42. The number of pyridine rings is 1. The molecule has 0 spiro atoms. The van der Waals surface area contributed by atoms with Crippen molar-refractivity contribution in [3.8, 4) is 11.6 Å². The molecule has 5 heteroatoms. The number of esters is 1. The van der Waals surface area contributed by atoms with Gasteiger partial charge in [-0.1, -0.05) is 18.2 Å². The maximum Gasteiger partial charge on any atom is 0.343 e. The quantitative estimate of drug-likeness (QED) is 0.641. The molecule has 0 radical (unpaired) electrons. The summed E-state index contributed by atoms with van der Waals surface area (Å²) in [6.07, 6.45) is 0. The second kappa shape index (κ2) is 6.49. The summed E-state index contributed by atoms with van der Waals surface area (Å²) >= 11 is 0. The van der Waals surface area contributed by atoms with Gasteiger partial charge in [-0.2, -0.15) is 0 Å². The van der Waals surface area contributed by atoms with Crippen LogP contribution in [0.5, 0.6) is 11.6 Å². The van der Waals surface area contributed by atoms with E-state index in [2.05, 4.69) is 14.2 Å². The second-order valence-electron chi connectivity index (χ2n) is 4.17. The van der Waals surface area contributed by atoms with Gasteiger partial charge in [-0.05, 0) is 32.0 Å². The molecule has 0 N–H and O–H groups in total. The molecule has 1 atom stereocenters. The van der Waals surface area contributed by atoms with E-state index in [9.17, 15) is 4.79 Å². The Morgan fingerprint density at radius 2 is 2.00 bits per heavy atom. The number of benzene rings is 1. The van der Waals surface area contributed by atoms with Gasteiger partial charge in [0, 0.05) is 11.0 Å². The molecule has 0 aliphatic rings. The monoisotopic (exact) mass is 289 g/mol. The van der Waals surface area contributed by atoms with Crippen LogP contribution in [0.25, 0.3) is 0 Å². The Labute approximate surface area is 120 Å². The van der Waals surface area contributed by atoms with Crippen LogP contribution in [0.15, 0.2) is 36.4 Å². The van der Waals surface area contributed by atoms with Crippen molar-refractivity contribution in [3.63, 3.8) is 0 Å². The lowest BCUT2D eigenvalue weighted by Crippen LogP contribution is -2.09. The molecule has 0 amide bonds. The molecular formula is C15H16NO3P. The highest BCUT2D eigenvalue weighted by Gasteiger charge is 2.16. The van der Waals surface area contributed by atoms with Crippen LogP contribution in [-0.2, 0) is 4.74 Å². The molecule has 0 bridgehead atoms. The minimum Gasteiger partial charge on any atom is -0.462 e. The maximum atomic E-state index is 11.9. The van der Waals surface area contributed by atoms with Crippen molar-refractivity contribution in [2.75, 3.05) is 6.61 Å². The van der Waals surface area contributed by atoms with Gasteiger partial charge in [0.15, 0.2) is 0 Å². The summed E-state index contributed by atoms with van der Waals surface area (Å²) in [4.78, 5) is 16.2. The van der Waals surface area contributed by atoms with E-state index in [-0.39, 0.29) is 5.88 Å². The van der Waals surface area contributed by atoms with Gasteiger partial charge in [-0.25, -0.2) is 9.78 Å². The minimum absolute atomic E-state index is 0.262. The van der Waals surface area contributed by atoms with Gasteiger partial charge in [-0.15, -0.1) is 9.24 Å². The molecule has 104 valence electrons. The summed E-state index contributed by atoms with van der Waals surface area (Å²) in [6, 6.07) is 10.9. The molecule has 1 aromatic heterocycles. The van der Waals surface area contributed by atoms with E-state index in [1.54, 1.807) is 19.1 Å². The molecule has 1 aromatic carbocycles. The van der Waals surface area contributed by atoms with Crippen LogP contribution in [0.2, 0.25) is 0 Å². The summed E-state index contributed by atoms with van der Waals surface area (Å²) < 4.78 is 10.8. The molecule has 0 aliphatic heterocycles. The number of hydrogen-bond donors (Lipinski definition) is 0. The van der Waals surface area contributed by atoms with Gasteiger partial charge in [-0.3, -0.25) is 0 Å². The molecule has 0 aliphatic carbocycles. The normalized spacial score (nSPS) is 10.2. The summed E-state index contributed by atoms with van der Waals surface area (Å²) in [5.74, 6) is 0.468. The van der Waals surface area contributed by atoms with E-state index in [0.717, 1.165) is 11.0 Å². The molecular weight excluding hydrogens is 273 g/mol.